The van der Waals surface area contributed by atoms with E-state index in [-0.39, 0.29) is 41.3 Å². The molecule has 0 aromatic heterocycles. The Morgan fingerprint density at radius 3 is 1.85 bits per heavy atom. The van der Waals surface area contributed by atoms with Crippen molar-refractivity contribution in [3.05, 3.63) is 11.6 Å². The lowest BCUT2D eigenvalue weighted by atomic mass is 9.47. The molecule has 9 aliphatic rings. The first kappa shape index (κ1) is 57.5. The van der Waals surface area contributed by atoms with E-state index in [1.165, 1.54) is 12.5 Å². The summed E-state index contributed by atoms with van der Waals surface area (Å²) in [5.41, 5.74) is 0.989. The lowest BCUT2D eigenvalue weighted by molar-refractivity contribution is -0.394. The van der Waals surface area contributed by atoms with Crippen molar-refractivity contribution in [2.45, 2.75) is 233 Å². The molecule has 9 rings (SSSR count). The number of hydrogen-bond donors (Lipinski definition) is 14. The Hall–Kier alpha value is -1.18. The molecule has 0 unspecified atom stereocenters. The van der Waals surface area contributed by atoms with E-state index in [2.05, 4.69) is 26.8 Å². The van der Waals surface area contributed by atoms with Crippen LogP contribution in [-0.2, 0) is 42.6 Å². The molecule has 0 aromatic carbocycles. The number of allylic oxidation sites excluding steroid dienone is 1. The van der Waals surface area contributed by atoms with Crippen molar-refractivity contribution in [3.8, 4) is 0 Å². The molecule has 74 heavy (non-hydrogen) atoms. The molecule has 3 saturated carbocycles. The summed E-state index contributed by atoms with van der Waals surface area (Å²) in [6, 6.07) is 0. The number of ether oxygens (including phenoxy) is 9. The van der Waals surface area contributed by atoms with Crippen molar-refractivity contribution < 1.29 is 114 Å². The molecule has 0 spiro atoms. The average molecular weight is 1070 g/mol. The zero-order valence-corrected chi connectivity index (χ0v) is 42.9. The molecule has 0 amide bonds. The van der Waals surface area contributed by atoms with E-state index < -0.39 is 155 Å². The van der Waals surface area contributed by atoms with Crippen LogP contribution < -0.4 is 0 Å². The maximum absolute atomic E-state index is 12.1. The summed E-state index contributed by atoms with van der Waals surface area (Å²) < 4.78 is 54.7. The van der Waals surface area contributed by atoms with Gasteiger partial charge in [-0.25, -0.2) is 0 Å². The second-order valence-corrected chi connectivity index (χ2v) is 23.8. The highest BCUT2D eigenvalue weighted by atomic mass is 16.8. The summed E-state index contributed by atoms with van der Waals surface area (Å²) >= 11 is 0. The Morgan fingerprint density at radius 2 is 1.20 bits per heavy atom. The molecule has 426 valence electrons. The van der Waals surface area contributed by atoms with Gasteiger partial charge in [0.2, 0.25) is 0 Å². The van der Waals surface area contributed by atoms with Crippen molar-refractivity contribution in [1.29, 1.82) is 0 Å². The fourth-order valence-electron chi connectivity index (χ4n) is 15.0. The normalized spacial score (nSPS) is 54.9. The van der Waals surface area contributed by atoms with E-state index in [4.69, 9.17) is 42.6 Å². The van der Waals surface area contributed by atoms with Gasteiger partial charge in [0, 0.05) is 12.3 Å². The molecule has 5 saturated heterocycles. The van der Waals surface area contributed by atoms with Gasteiger partial charge in [0.1, 0.15) is 91.6 Å². The maximum atomic E-state index is 12.1. The topological polar surface area (TPSA) is 366 Å². The summed E-state index contributed by atoms with van der Waals surface area (Å²) in [5.74, 6) is -0.351. The van der Waals surface area contributed by atoms with Crippen LogP contribution >= 0.6 is 0 Å². The smallest absolute Gasteiger partial charge is 0.187 e. The predicted molar refractivity (Wildman–Crippen MR) is 250 cm³/mol. The quantitative estimate of drug-likeness (QED) is 0.0727. The summed E-state index contributed by atoms with van der Waals surface area (Å²) in [6.07, 6.45) is -22.5. The second kappa shape index (κ2) is 22.4. The summed E-state index contributed by atoms with van der Waals surface area (Å²) in [5, 5.41) is 149. The zero-order chi connectivity index (χ0) is 53.5. The Kier molecular flexibility index (Phi) is 17.4. The van der Waals surface area contributed by atoms with E-state index in [0.29, 0.717) is 43.4 Å². The minimum atomic E-state index is -1.88. The van der Waals surface area contributed by atoms with Crippen LogP contribution in [0.15, 0.2) is 11.6 Å². The molecule has 14 N–H and O–H groups in total. The van der Waals surface area contributed by atoms with Gasteiger partial charge in [-0.1, -0.05) is 39.3 Å². The maximum Gasteiger partial charge on any atom is 0.187 e. The number of aliphatic hydroxyl groups is 14. The zero-order valence-electron chi connectivity index (χ0n) is 42.9. The van der Waals surface area contributed by atoms with Gasteiger partial charge in [0.25, 0.3) is 0 Å². The van der Waals surface area contributed by atoms with E-state index in [9.17, 15) is 71.5 Å². The average Bonchev–Trinajstić information content (AvgIpc) is 3.82. The van der Waals surface area contributed by atoms with Crippen LogP contribution in [0.5, 0.6) is 0 Å². The van der Waals surface area contributed by atoms with Crippen molar-refractivity contribution in [3.63, 3.8) is 0 Å². The van der Waals surface area contributed by atoms with E-state index in [1.54, 1.807) is 0 Å². The van der Waals surface area contributed by atoms with Crippen molar-refractivity contribution in [2.24, 2.45) is 46.3 Å². The first-order valence-corrected chi connectivity index (χ1v) is 26.9. The van der Waals surface area contributed by atoms with E-state index >= 15 is 0 Å². The summed E-state index contributed by atoms with van der Waals surface area (Å²) in [7, 11) is 0. The van der Waals surface area contributed by atoms with Crippen LogP contribution in [0.3, 0.4) is 0 Å². The number of aliphatic hydroxyl groups excluding tert-OH is 13. The molecule has 23 nitrogen and oxygen atoms in total. The van der Waals surface area contributed by atoms with Crippen LogP contribution in [0, 0.1) is 46.3 Å². The predicted octanol–water partition coefficient (Wildman–Crippen LogP) is -3.01. The first-order chi connectivity index (χ1) is 35.0. The lowest BCUT2D eigenvalue weighted by Crippen LogP contribution is -2.67. The molecule has 5 heterocycles. The van der Waals surface area contributed by atoms with Gasteiger partial charge in [-0.3, -0.25) is 0 Å². The van der Waals surface area contributed by atoms with Gasteiger partial charge in [-0.15, -0.1) is 0 Å². The van der Waals surface area contributed by atoms with Crippen LogP contribution in [-0.4, -0.2) is 239 Å². The molecule has 31 atom stereocenters. The second-order valence-electron chi connectivity index (χ2n) is 23.8. The van der Waals surface area contributed by atoms with E-state index in [1.807, 2.05) is 6.92 Å². The molecule has 8 fully saturated rings. The Labute approximate surface area is 430 Å². The van der Waals surface area contributed by atoms with Crippen molar-refractivity contribution in [1.82, 2.24) is 0 Å². The summed E-state index contributed by atoms with van der Waals surface area (Å²) in [6.45, 7) is 8.33. The van der Waals surface area contributed by atoms with Gasteiger partial charge < -0.3 is 114 Å². The third kappa shape index (κ3) is 10.2. The monoisotopic (exact) mass is 1060 g/mol. The Bertz CT molecular complexity index is 1920. The number of rotatable bonds is 15. The minimum Gasteiger partial charge on any atom is -0.394 e. The van der Waals surface area contributed by atoms with Gasteiger partial charge in [-0.05, 0) is 98.7 Å². The fraction of sp³-hybridized carbons (Fsp3) is 0.961. The van der Waals surface area contributed by atoms with Crippen LogP contribution in [0.4, 0.5) is 0 Å². The molecular weight excluding hydrogens is 981 g/mol. The van der Waals surface area contributed by atoms with Crippen LogP contribution in [0.25, 0.3) is 0 Å². The lowest BCUT2D eigenvalue weighted by Gasteiger charge is -2.58. The van der Waals surface area contributed by atoms with Gasteiger partial charge in [0.05, 0.1) is 44.7 Å². The largest absolute Gasteiger partial charge is 0.394 e. The van der Waals surface area contributed by atoms with Gasteiger partial charge in [-0.2, -0.15) is 0 Å². The third-order valence-electron chi connectivity index (χ3n) is 19.5. The highest BCUT2D eigenvalue weighted by Gasteiger charge is 2.68. The first-order valence-electron chi connectivity index (χ1n) is 26.9. The SMILES string of the molecule is C[C@H](CC[C@]1(O)O[C@@H]2C[C@@H]3[C@H]4CC=C5C[C@H](O[C@H]6O[C@@H](CO)[C@H](O)[C@@H](O[C@H]7O[C@@H](CO)[C@H](O)[C@@H](O)[C@@H]7O)[C@@H]6O[C@H]6O[C@H](C)[C@@H](O)[C@H](O)[C@@H]6O)CC[C@@]5(C)[C@@H]4CC[C@@]3(C)[C@@H]2[C@H]1C)CO[C@H]1O[C@@H](CO)[C@H](O)[C@@H](O)[C@@H]1O. The molecule has 5 aliphatic heterocycles. The third-order valence-corrected chi connectivity index (χ3v) is 19.5. The molecular formula is C51H84O23. The fourth-order valence-corrected chi connectivity index (χ4v) is 15.0. The van der Waals surface area contributed by atoms with Crippen LogP contribution in [0.2, 0.25) is 0 Å². The molecule has 0 bridgehead atoms. The van der Waals surface area contributed by atoms with Crippen molar-refractivity contribution in [2.75, 3.05) is 26.4 Å². The molecule has 0 aromatic rings. The van der Waals surface area contributed by atoms with E-state index in [0.717, 1.165) is 32.1 Å². The molecule has 4 aliphatic carbocycles. The Balaban J connectivity index is 0.864. The number of fused-ring (bicyclic) bond motifs is 7. The Morgan fingerprint density at radius 1 is 0.635 bits per heavy atom. The minimum absolute atomic E-state index is 0.0769. The van der Waals surface area contributed by atoms with Crippen molar-refractivity contribution >= 4 is 0 Å². The standard InChI is InChI=1S/C51H84O23/c1-20(19-66-45-40(62)38(60)34(56)29(16-52)69-45)8-13-51(65)21(2)32-28(74-51)15-27-25-7-6-23-14-24(9-11-49(23,4)26(25)10-12-50(27,32)5)68-48-44(73-46-41(63)37(59)33(55)22(3)67-46)43(36(58)31(18-54)71-48)72-47-42(64)39(61)35(57)30(17-53)70-47/h6,20-22,24-48,52-65H,7-19H2,1-5H3/t20-,21-,22-,24-,25+,26-,27-,28-,29+,30+,31+,32-,33-,34+,35+,36+,37+,38-,39-,40+,41+,42+,43-,44+,45+,46-,47-,48+,49-,50-,51+/m1/s1. The van der Waals surface area contributed by atoms with Crippen LogP contribution in [0.1, 0.15) is 92.4 Å². The highest BCUT2D eigenvalue weighted by Crippen LogP contribution is 2.70. The summed E-state index contributed by atoms with van der Waals surface area (Å²) in [4.78, 5) is 0. The number of hydrogen-bond acceptors (Lipinski definition) is 23. The molecule has 23 heteroatoms. The highest BCUT2D eigenvalue weighted by molar-refractivity contribution is 5.26. The molecule has 0 radical (unpaired) electrons. The van der Waals surface area contributed by atoms with Gasteiger partial charge in [0.15, 0.2) is 30.9 Å². The van der Waals surface area contributed by atoms with Gasteiger partial charge >= 0.3 is 0 Å².